The van der Waals surface area contributed by atoms with Gasteiger partial charge in [-0.3, -0.25) is 19.6 Å². The molecule has 0 aliphatic rings. The number of hydrogen-bond acceptors (Lipinski definition) is 9. The summed E-state index contributed by atoms with van der Waals surface area (Å²) in [7, 11) is -1.96. The molecule has 0 saturated carbocycles. The zero-order valence-electron chi connectivity index (χ0n) is 16.4. The summed E-state index contributed by atoms with van der Waals surface area (Å²) in [5, 5.41) is 18.1. The van der Waals surface area contributed by atoms with Crippen LogP contribution in [0.5, 0.6) is 0 Å². The topological polar surface area (TPSA) is 158 Å². The Kier molecular flexibility index (Phi) is 4.88. The first kappa shape index (κ1) is 20.0. The van der Waals surface area contributed by atoms with Crippen molar-refractivity contribution in [1.82, 2.24) is 24.7 Å². The second kappa shape index (κ2) is 7.54. The van der Waals surface area contributed by atoms with Gasteiger partial charge in [-0.15, -0.1) is 0 Å². The third-order valence-corrected chi connectivity index (χ3v) is 5.53. The number of nitrogens with zero attached hydrogens (tertiary/aromatic N) is 5. The lowest BCUT2D eigenvalue weighted by molar-refractivity contribution is 0.602. The van der Waals surface area contributed by atoms with E-state index in [4.69, 9.17) is 5.26 Å². The fourth-order valence-corrected chi connectivity index (χ4v) is 3.88. The molecule has 0 bridgehead atoms. The van der Waals surface area contributed by atoms with Crippen LogP contribution >= 0.6 is 0 Å². The maximum Gasteiger partial charge on any atom is 0.277 e. The number of aromatic amines is 1. The Bertz CT molecular complexity index is 1520. The van der Waals surface area contributed by atoms with E-state index < -0.39 is 9.84 Å². The van der Waals surface area contributed by atoms with Crippen LogP contribution in [0.1, 0.15) is 5.69 Å². The van der Waals surface area contributed by atoms with Crippen molar-refractivity contribution in [3.8, 4) is 6.07 Å². The zero-order valence-corrected chi connectivity index (χ0v) is 17.2. The van der Waals surface area contributed by atoms with Crippen LogP contribution in [0.2, 0.25) is 0 Å². The molecule has 1 aromatic carbocycles. The molecule has 11 nitrogen and oxygen atoms in total. The number of aryl methyl sites for hydroxylation is 1. The monoisotopic (exact) mass is 436 g/mol. The minimum Gasteiger partial charge on any atom is -0.354 e. The summed E-state index contributed by atoms with van der Waals surface area (Å²) in [4.78, 5) is 25.1. The molecule has 0 radical (unpaired) electrons. The second-order valence-corrected chi connectivity index (χ2v) is 8.66. The average molecular weight is 436 g/mol. The van der Waals surface area contributed by atoms with Crippen molar-refractivity contribution in [2.24, 2.45) is 7.05 Å². The zero-order chi connectivity index (χ0) is 22.2. The average Bonchev–Trinajstić information content (AvgIpc) is 3.01. The van der Waals surface area contributed by atoms with Gasteiger partial charge in [0.1, 0.15) is 17.3 Å². The first-order valence-electron chi connectivity index (χ1n) is 8.91. The molecule has 0 atom stereocenters. The summed E-state index contributed by atoms with van der Waals surface area (Å²) in [5.41, 5.74) is 0.730. The number of para-hydroxylation sites is 1. The number of pyridine rings is 1. The van der Waals surface area contributed by atoms with Crippen molar-refractivity contribution in [3.63, 3.8) is 0 Å². The minimum atomic E-state index is -3.51. The minimum absolute atomic E-state index is 0.0921. The standard InChI is InChI=1S/C19H16N8O3S/c1-27-19(28)17-13(23-12-5-3-4-6-14(12)31(2,29)30)7-15(25-18(17)26-27)24-16-10-21-9-11(8-20)22-16/h3-7,9-10H,1-2H3,(H3,22,23,24,25,26). The van der Waals surface area contributed by atoms with Crippen LogP contribution < -0.4 is 16.2 Å². The fraction of sp³-hybridized carbons (Fsp3) is 0.105. The van der Waals surface area contributed by atoms with Crippen molar-refractivity contribution in [2.45, 2.75) is 4.90 Å². The smallest absolute Gasteiger partial charge is 0.277 e. The van der Waals surface area contributed by atoms with E-state index in [1.807, 2.05) is 6.07 Å². The van der Waals surface area contributed by atoms with Crippen molar-refractivity contribution >= 4 is 43.9 Å². The van der Waals surface area contributed by atoms with Crippen LogP contribution in [0.15, 0.2) is 52.4 Å². The number of sulfone groups is 1. The van der Waals surface area contributed by atoms with Gasteiger partial charge in [-0.25, -0.2) is 18.4 Å². The molecule has 3 heterocycles. The highest BCUT2D eigenvalue weighted by Crippen LogP contribution is 2.30. The molecule has 0 fully saturated rings. The Labute approximate surface area is 176 Å². The molecule has 4 rings (SSSR count). The molecular formula is C19H16N8O3S. The van der Waals surface area contributed by atoms with Gasteiger partial charge in [-0.05, 0) is 12.1 Å². The highest BCUT2D eigenvalue weighted by atomic mass is 32.2. The Hall–Kier alpha value is -4.24. The predicted molar refractivity (Wildman–Crippen MR) is 114 cm³/mol. The van der Waals surface area contributed by atoms with E-state index >= 15 is 0 Å². The van der Waals surface area contributed by atoms with Crippen LogP contribution in [0.3, 0.4) is 0 Å². The maximum absolute atomic E-state index is 12.6. The van der Waals surface area contributed by atoms with Gasteiger partial charge in [0.15, 0.2) is 27.0 Å². The summed E-state index contributed by atoms with van der Waals surface area (Å²) < 4.78 is 25.6. The van der Waals surface area contributed by atoms with Crippen LogP contribution in [-0.2, 0) is 16.9 Å². The number of hydrogen-bond donors (Lipinski definition) is 3. The summed E-state index contributed by atoms with van der Waals surface area (Å²) in [6.45, 7) is 0. The van der Waals surface area contributed by atoms with Gasteiger partial charge in [0.05, 0.1) is 28.7 Å². The molecule has 0 spiro atoms. The van der Waals surface area contributed by atoms with Crippen LogP contribution in [0, 0.1) is 11.3 Å². The van der Waals surface area contributed by atoms with Crippen molar-refractivity contribution in [3.05, 3.63) is 58.8 Å². The van der Waals surface area contributed by atoms with E-state index in [0.717, 1.165) is 6.26 Å². The number of rotatable bonds is 5. The van der Waals surface area contributed by atoms with Crippen LogP contribution in [-0.4, -0.2) is 39.4 Å². The largest absolute Gasteiger partial charge is 0.354 e. The SMILES string of the molecule is Cn1[nH]c2nc(Nc3cncc(C#N)n3)cc(Nc3ccccc3S(C)(=O)=O)c2c1=O. The van der Waals surface area contributed by atoms with Crippen molar-refractivity contribution in [2.75, 3.05) is 16.9 Å². The van der Waals surface area contributed by atoms with Gasteiger partial charge in [-0.2, -0.15) is 5.26 Å². The Morgan fingerprint density at radius 3 is 2.61 bits per heavy atom. The van der Waals surface area contributed by atoms with E-state index in [-0.39, 0.29) is 33.0 Å². The lowest BCUT2D eigenvalue weighted by Crippen LogP contribution is -2.12. The first-order chi connectivity index (χ1) is 14.8. The Morgan fingerprint density at radius 2 is 1.87 bits per heavy atom. The Balaban J connectivity index is 1.85. The first-order valence-corrected chi connectivity index (χ1v) is 10.8. The van der Waals surface area contributed by atoms with Gasteiger partial charge in [0.2, 0.25) is 0 Å². The number of benzene rings is 1. The van der Waals surface area contributed by atoms with Crippen LogP contribution in [0.4, 0.5) is 23.0 Å². The van der Waals surface area contributed by atoms with Crippen LogP contribution in [0.25, 0.3) is 11.0 Å². The molecule has 0 saturated heterocycles. The van der Waals surface area contributed by atoms with Gasteiger partial charge >= 0.3 is 0 Å². The normalized spacial score (nSPS) is 11.3. The molecule has 3 aromatic heterocycles. The third-order valence-electron chi connectivity index (χ3n) is 4.37. The molecule has 31 heavy (non-hydrogen) atoms. The van der Waals surface area contributed by atoms with E-state index in [2.05, 4.69) is 30.7 Å². The van der Waals surface area contributed by atoms with Crippen molar-refractivity contribution < 1.29 is 8.42 Å². The molecule has 0 aliphatic heterocycles. The quantitative estimate of drug-likeness (QED) is 0.424. The number of aromatic nitrogens is 5. The highest BCUT2D eigenvalue weighted by molar-refractivity contribution is 7.90. The number of nitriles is 1. The molecule has 156 valence electrons. The maximum atomic E-state index is 12.6. The predicted octanol–water partition coefficient (Wildman–Crippen LogP) is 1.81. The molecule has 0 amide bonds. The van der Waals surface area contributed by atoms with E-state index in [1.165, 1.54) is 23.1 Å². The van der Waals surface area contributed by atoms with E-state index in [9.17, 15) is 13.2 Å². The summed E-state index contributed by atoms with van der Waals surface area (Å²) in [6.07, 6.45) is 3.86. The fourth-order valence-electron chi connectivity index (χ4n) is 3.03. The number of H-pyrrole nitrogens is 1. The van der Waals surface area contributed by atoms with Gasteiger partial charge in [0.25, 0.3) is 5.56 Å². The lowest BCUT2D eigenvalue weighted by Gasteiger charge is -2.13. The number of fused-ring (bicyclic) bond motifs is 1. The van der Waals surface area contributed by atoms with E-state index in [1.54, 1.807) is 31.3 Å². The van der Waals surface area contributed by atoms with Gasteiger partial charge in [-0.1, -0.05) is 12.1 Å². The highest BCUT2D eigenvalue weighted by Gasteiger charge is 2.17. The van der Waals surface area contributed by atoms with Gasteiger partial charge < -0.3 is 10.6 Å². The molecule has 12 heteroatoms. The number of anilines is 4. The second-order valence-electron chi connectivity index (χ2n) is 6.67. The van der Waals surface area contributed by atoms with Gasteiger partial charge in [0, 0.05) is 19.4 Å². The molecule has 0 aliphatic carbocycles. The number of nitrogens with one attached hydrogen (secondary N) is 3. The van der Waals surface area contributed by atoms with E-state index in [0.29, 0.717) is 17.2 Å². The molecule has 3 N–H and O–H groups in total. The summed E-state index contributed by atoms with van der Waals surface area (Å²) in [6, 6.07) is 9.85. The summed E-state index contributed by atoms with van der Waals surface area (Å²) >= 11 is 0. The lowest BCUT2D eigenvalue weighted by atomic mass is 10.2. The molecule has 4 aromatic rings. The third kappa shape index (κ3) is 3.94. The molecule has 0 unspecified atom stereocenters. The molecular weight excluding hydrogens is 420 g/mol. The Morgan fingerprint density at radius 1 is 1.10 bits per heavy atom. The summed E-state index contributed by atoms with van der Waals surface area (Å²) in [5.74, 6) is 0.588. The van der Waals surface area contributed by atoms with Crippen molar-refractivity contribution in [1.29, 1.82) is 5.26 Å².